The maximum atomic E-state index is 12.4. The highest BCUT2D eigenvalue weighted by Crippen LogP contribution is 2.14. The number of unbranched alkanes of at least 4 members (excludes halogenated alkanes) is 3. The molecule has 0 aliphatic heterocycles. The highest BCUT2D eigenvalue weighted by atomic mass is 32.1. The number of likely N-dealkylation sites (N-methyl/N-ethyl adjacent to an activating group) is 1. The smallest absolute Gasteiger partial charge is 0.257 e. The van der Waals surface area contributed by atoms with Gasteiger partial charge in [0.15, 0.2) is 5.11 Å². The minimum atomic E-state index is -0.293. The summed E-state index contributed by atoms with van der Waals surface area (Å²) in [4.78, 5) is 23.8. The zero-order chi connectivity index (χ0) is 21.8. The van der Waals surface area contributed by atoms with Gasteiger partial charge in [0.2, 0.25) is 5.91 Å². The van der Waals surface area contributed by atoms with Crippen LogP contribution < -0.4 is 20.7 Å². The summed E-state index contributed by atoms with van der Waals surface area (Å²) in [6.45, 7) is 2.86. The van der Waals surface area contributed by atoms with Crippen LogP contribution in [0.25, 0.3) is 0 Å². The molecule has 30 heavy (non-hydrogen) atoms. The van der Waals surface area contributed by atoms with Gasteiger partial charge in [-0.15, -0.1) is 0 Å². The van der Waals surface area contributed by atoms with E-state index in [4.69, 9.17) is 17.0 Å². The predicted molar refractivity (Wildman–Crippen MR) is 124 cm³/mol. The number of carbonyl (C=O) groups is 2. The number of rotatable bonds is 10. The molecule has 0 bridgehead atoms. The number of ether oxygens (including phenoxy) is 1. The van der Waals surface area contributed by atoms with E-state index in [2.05, 4.69) is 22.9 Å². The van der Waals surface area contributed by atoms with Crippen LogP contribution in [0.4, 0.5) is 5.69 Å². The molecular formula is C23H29N3O3S. The quantitative estimate of drug-likeness (QED) is 0.394. The lowest BCUT2D eigenvalue weighted by atomic mass is 10.1. The Labute approximate surface area is 183 Å². The summed E-state index contributed by atoms with van der Waals surface area (Å²) < 4.78 is 5.69. The Kier molecular flexibility index (Phi) is 9.80. The summed E-state index contributed by atoms with van der Waals surface area (Å²) in [6, 6.07) is 14.3. The van der Waals surface area contributed by atoms with Crippen molar-refractivity contribution >= 4 is 34.8 Å². The first-order chi connectivity index (χ1) is 14.5. The monoisotopic (exact) mass is 427 g/mol. The summed E-state index contributed by atoms with van der Waals surface area (Å²) in [7, 11) is 1.61. The highest BCUT2D eigenvalue weighted by molar-refractivity contribution is 7.80. The molecule has 0 aliphatic rings. The summed E-state index contributed by atoms with van der Waals surface area (Å²) in [6.07, 6.45) is 4.93. The van der Waals surface area contributed by atoms with Gasteiger partial charge in [0, 0.05) is 18.3 Å². The first-order valence-corrected chi connectivity index (χ1v) is 10.6. The average molecular weight is 428 g/mol. The Hall–Kier alpha value is -2.93. The molecule has 0 radical (unpaired) electrons. The second-order valence-corrected chi connectivity index (χ2v) is 7.30. The lowest BCUT2D eigenvalue weighted by Gasteiger charge is -2.11. The molecule has 7 heteroatoms. The Morgan fingerprint density at radius 2 is 1.67 bits per heavy atom. The second-order valence-electron chi connectivity index (χ2n) is 6.89. The van der Waals surface area contributed by atoms with Gasteiger partial charge in [-0.1, -0.05) is 38.3 Å². The number of thiocarbonyl (C=S) groups is 1. The van der Waals surface area contributed by atoms with Crippen molar-refractivity contribution in [1.82, 2.24) is 10.6 Å². The Morgan fingerprint density at radius 1 is 0.967 bits per heavy atom. The zero-order valence-corrected chi connectivity index (χ0v) is 18.3. The van der Waals surface area contributed by atoms with Crippen molar-refractivity contribution in [2.75, 3.05) is 19.0 Å². The molecule has 2 rings (SSSR count). The molecule has 160 valence electrons. The highest BCUT2D eigenvalue weighted by Gasteiger charge is 2.09. The first-order valence-electron chi connectivity index (χ1n) is 10.2. The Bertz CT molecular complexity index is 836. The number of carbonyl (C=O) groups excluding carboxylic acids is 2. The number of amides is 2. The summed E-state index contributed by atoms with van der Waals surface area (Å²) in [5.41, 5.74) is 2.12. The van der Waals surface area contributed by atoms with E-state index in [-0.39, 0.29) is 16.9 Å². The molecule has 0 saturated heterocycles. The van der Waals surface area contributed by atoms with Gasteiger partial charge in [-0.05, 0) is 60.6 Å². The molecule has 2 aromatic carbocycles. The third kappa shape index (κ3) is 8.21. The van der Waals surface area contributed by atoms with Gasteiger partial charge in [-0.2, -0.15) is 0 Å². The van der Waals surface area contributed by atoms with Crippen molar-refractivity contribution in [2.45, 2.75) is 39.0 Å². The van der Waals surface area contributed by atoms with Crippen LogP contribution in [0, 0.1) is 0 Å². The minimum Gasteiger partial charge on any atom is -0.494 e. The molecular weight excluding hydrogens is 398 g/mol. The third-order valence-electron chi connectivity index (χ3n) is 4.47. The van der Waals surface area contributed by atoms with E-state index in [1.165, 1.54) is 12.8 Å². The third-order valence-corrected chi connectivity index (χ3v) is 4.67. The molecule has 0 spiro atoms. The summed E-state index contributed by atoms with van der Waals surface area (Å²) in [5.74, 6) is 0.408. The molecule has 0 fully saturated rings. The summed E-state index contributed by atoms with van der Waals surface area (Å²) in [5, 5.41) is 8.42. The van der Waals surface area contributed by atoms with Gasteiger partial charge >= 0.3 is 0 Å². The molecule has 3 N–H and O–H groups in total. The summed E-state index contributed by atoms with van der Waals surface area (Å²) >= 11 is 5.22. The lowest BCUT2D eigenvalue weighted by molar-refractivity contribution is -0.119. The minimum absolute atomic E-state index is 0.0496. The zero-order valence-electron chi connectivity index (χ0n) is 17.5. The number of hydrogen-bond donors (Lipinski definition) is 3. The normalized spacial score (nSPS) is 10.2. The van der Waals surface area contributed by atoms with Crippen molar-refractivity contribution < 1.29 is 14.3 Å². The van der Waals surface area contributed by atoms with E-state index in [9.17, 15) is 9.59 Å². The predicted octanol–water partition coefficient (Wildman–Crippen LogP) is 4.06. The maximum Gasteiger partial charge on any atom is 0.257 e. The second kappa shape index (κ2) is 12.6. The van der Waals surface area contributed by atoms with Crippen molar-refractivity contribution in [3.63, 3.8) is 0 Å². The van der Waals surface area contributed by atoms with E-state index < -0.39 is 0 Å². The molecule has 0 heterocycles. The van der Waals surface area contributed by atoms with E-state index >= 15 is 0 Å². The number of anilines is 1. The van der Waals surface area contributed by atoms with E-state index in [1.807, 2.05) is 24.3 Å². The van der Waals surface area contributed by atoms with Gasteiger partial charge in [0.05, 0.1) is 13.0 Å². The lowest BCUT2D eigenvalue weighted by Crippen LogP contribution is -2.34. The molecule has 2 amide bonds. The van der Waals surface area contributed by atoms with Crippen LogP contribution >= 0.6 is 12.2 Å². The molecule has 0 unspecified atom stereocenters. The fraction of sp³-hybridized carbons (Fsp3) is 0.348. The largest absolute Gasteiger partial charge is 0.494 e. The number of hydrogen-bond acceptors (Lipinski definition) is 4. The average Bonchev–Trinajstić information content (AvgIpc) is 2.75. The van der Waals surface area contributed by atoms with Gasteiger partial charge in [0.1, 0.15) is 5.75 Å². The fourth-order valence-electron chi connectivity index (χ4n) is 2.74. The molecule has 0 saturated carbocycles. The number of benzene rings is 2. The van der Waals surface area contributed by atoms with Crippen molar-refractivity contribution in [1.29, 1.82) is 0 Å². The number of nitrogens with one attached hydrogen (secondary N) is 3. The van der Waals surface area contributed by atoms with Crippen LogP contribution in [0.3, 0.4) is 0 Å². The molecule has 0 aliphatic carbocycles. The molecule has 0 atom stereocenters. The van der Waals surface area contributed by atoms with Crippen LogP contribution in [0.5, 0.6) is 5.75 Å². The standard InChI is InChI=1S/C23H29N3O3S/c1-3-4-5-6-15-29-20-13-9-18(10-14-20)22(28)26-23(30)25-19-11-7-17(8-12-19)16-21(27)24-2/h7-14H,3-6,15-16H2,1-2H3,(H,24,27)(H2,25,26,28,30). The maximum absolute atomic E-state index is 12.4. The van der Waals surface area contributed by atoms with Crippen LogP contribution in [-0.4, -0.2) is 30.6 Å². The Balaban J connectivity index is 1.79. The molecule has 2 aromatic rings. The topological polar surface area (TPSA) is 79.5 Å². The first kappa shape index (κ1) is 23.3. The van der Waals surface area contributed by atoms with E-state index in [0.717, 1.165) is 29.8 Å². The molecule has 6 nitrogen and oxygen atoms in total. The van der Waals surface area contributed by atoms with E-state index in [1.54, 1.807) is 31.3 Å². The van der Waals surface area contributed by atoms with Crippen LogP contribution in [-0.2, 0) is 11.2 Å². The van der Waals surface area contributed by atoms with Crippen molar-refractivity contribution in [3.8, 4) is 5.75 Å². The van der Waals surface area contributed by atoms with Gasteiger partial charge < -0.3 is 15.4 Å². The van der Waals surface area contributed by atoms with Gasteiger partial charge in [-0.25, -0.2) is 0 Å². The van der Waals surface area contributed by atoms with Gasteiger partial charge in [-0.3, -0.25) is 14.9 Å². The van der Waals surface area contributed by atoms with Crippen LogP contribution in [0.15, 0.2) is 48.5 Å². The van der Waals surface area contributed by atoms with Crippen molar-refractivity contribution in [2.24, 2.45) is 0 Å². The van der Waals surface area contributed by atoms with Crippen LogP contribution in [0.2, 0.25) is 0 Å². The van der Waals surface area contributed by atoms with Crippen LogP contribution in [0.1, 0.15) is 48.5 Å². The van der Waals surface area contributed by atoms with Gasteiger partial charge in [0.25, 0.3) is 5.91 Å². The Morgan fingerprint density at radius 3 is 2.30 bits per heavy atom. The van der Waals surface area contributed by atoms with E-state index in [0.29, 0.717) is 18.6 Å². The van der Waals surface area contributed by atoms with Crippen molar-refractivity contribution in [3.05, 3.63) is 59.7 Å². The molecule has 0 aromatic heterocycles. The fourth-order valence-corrected chi connectivity index (χ4v) is 2.95. The SMILES string of the molecule is CCCCCCOc1ccc(C(=O)NC(=S)Nc2ccc(CC(=O)NC)cc2)cc1.